The molecule has 4 aliphatic carbocycles. The molecule has 2 heteroatoms. The van der Waals surface area contributed by atoms with E-state index in [4.69, 9.17) is 6.42 Å². The zero-order valence-corrected chi connectivity index (χ0v) is 16.3. The highest BCUT2D eigenvalue weighted by atomic mass is 16.3. The van der Waals surface area contributed by atoms with Gasteiger partial charge in [0.1, 0.15) is 5.60 Å². The summed E-state index contributed by atoms with van der Waals surface area (Å²) in [5, 5.41) is 21.5. The van der Waals surface area contributed by atoms with Crippen molar-refractivity contribution in [3.05, 3.63) is 11.1 Å². The lowest BCUT2D eigenvalue weighted by atomic mass is 9.47. The van der Waals surface area contributed by atoms with Gasteiger partial charge in [-0.25, -0.2) is 0 Å². The molecule has 0 amide bonds. The molecule has 0 heterocycles. The van der Waals surface area contributed by atoms with E-state index in [-0.39, 0.29) is 17.4 Å². The summed E-state index contributed by atoms with van der Waals surface area (Å²) in [7, 11) is 0. The van der Waals surface area contributed by atoms with E-state index >= 15 is 0 Å². The van der Waals surface area contributed by atoms with Crippen LogP contribution in [0.15, 0.2) is 11.1 Å². The molecule has 2 fully saturated rings. The van der Waals surface area contributed by atoms with Gasteiger partial charge in [0.15, 0.2) is 0 Å². The number of rotatable bonds is 0. The van der Waals surface area contributed by atoms with E-state index in [1.54, 1.807) is 11.1 Å². The van der Waals surface area contributed by atoms with Gasteiger partial charge in [0.05, 0.1) is 6.10 Å². The maximum Gasteiger partial charge on any atom is 0.133 e. The summed E-state index contributed by atoms with van der Waals surface area (Å²) in [6.45, 7) is 9.21. The first-order chi connectivity index (χ1) is 11.7. The smallest absolute Gasteiger partial charge is 0.133 e. The van der Waals surface area contributed by atoms with Crippen molar-refractivity contribution in [1.29, 1.82) is 0 Å². The number of allylic oxidation sites excluding steroid dienone is 1. The highest BCUT2D eigenvalue weighted by Gasteiger charge is 2.66. The van der Waals surface area contributed by atoms with E-state index in [2.05, 4.69) is 33.6 Å². The SMILES string of the molecule is C#C[C@]1(O)[C@H](C)CC2C3C(C4=C(C[C@H](O)CC4)C[C@H]3C)[C@@H](C)C[C@@]21C. The summed E-state index contributed by atoms with van der Waals surface area (Å²) < 4.78 is 0. The normalized spacial score (nSPS) is 55.2. The number of aliphatic hydroxyl groups excluding tert-OH is 1. The quantitative estimate of drug-likeness (QED) is 0.512. The zero-order valence-electron chi connectivity index (χ0n) is 16.3. The molecule has 0 bridgehead atoms. The van der Waals surface area contributed by atoms with Crippen LogP contribution in [0.5, 0.6) is 0 Å². The second kappa shape index (κ2) is 5.61. The van der Waals surface area contributed by atoms with Crippen LogP contribution in [-0.4, -0.2) is 21.9 Å². The van der Waals surface area contributed by atoms with Gasteiger partial charge in [-0.15, -0.1) is 6.42 Å². The molecule has 0 saturated heterocycles. The maximum absolute atomic E-state index is 11.4. The molecule has 0 aromatic heterocycles. The van der Waals surface area contributed by atoms with Gasteiger partial charge in [0.25, 0.3) is 0 Å². The third-order valence-corrected chi connectivity index (χ3v) is 8.78. The Labute approximate surface area is 153 Å². The van der Waals surface area contributed by atoms with Crippen molar-refractivity contribution in [1.82, 2.24) is 0 Å². The molecular weight excluding hydrogens is 308 g/mol. The predicted octanol–water partition coefficient (Wildman–Crippen LogP) is 4.17. The molecule has 9 atom stereocenters. The third-order valence-electron chi connectivity index (χ3n) is 8.78. The largest absolute Gasteiger partial charge is 0.393 e. The monoisotopic (exact) mass is 342 g/mol. The fourth-order valence-corrected chi connectivity index (χ4v) is 7.76. The van der Waals surface area contributed by atoms with Crippen molar-refractivity contribution < 1.29 is 10.2 Å². The second-order valence-electron chi connectivity index (χ2n) is 10.1. The molecule has 2 nitrogen and oxygen atoms in total. The van der Waals surface area contributed by atoms with E-state index < -0.39 is 5.60 Å². The predicted molar refractivity (Wildman–Crippen MR) is 101 cm³/mol. The standard InChI is InChI=1S/C23H34O2/c1-6-23(25)15(4)10-19-21-13(2)9-16-11-17(24)7-8-18(16)20(21)14(3)12-22(19,23)5/h1,13-15,17,19-21,24-25H,7-12H2,2-5H3/t13-,14+,15-,17-,19?,20?,21?,22+,23+/m1/s1. The minimum absolute atomic E-state index is 0.135. The Bertz CT molecular complexity index is 643. The molecule has 2 saturated carbocycles. The zero-order chi connectivity index (χ0) is 18.1. The Balaban J connectivity index is 1.78. The van der Waals surface area contributed by atoms with E-state index in [0.717, 1.165) is 38.5 Å². The van der Waals surface area contributed by atoms with Gasteiger partial charge >= 0.3 is 0 Å². The number of hydrogen-bond donors (Lipinski definition) is 2. The number of hydrogen-bond acceptors (Lipinski definition) is 2. The van der Waals surface area contributed by atoms with Crippen molar-refractivity contribution >= 4 is 0 Å². The molecule has 25 heavy (non-hydrogen) atoms. The van der Waals surface area contributed by atoms with Crippen LogP contribution in [0.1, 0.15) is 66.2 Å². The molecule has 0 aromatic carbocycles. The highest BCUT2D eigenvalue weighted by molar-refractivity contribution is 5.32. The molecule has 0 aromatic rings. The van der Waals surface area contributed by atoms with E-state index in [1.165, 1.54) is 0 Å². The first-order valence-corrected chi connectivity index (χ1v) is 10.3. The summed E-state index contributed by atoms with van der Waals surface area (Å²) >= 11 is 0. The van der Waals surface area contributed by atoms with Gasteiger partial charge in [-0.05, 0) is 74.0 Å². The lowest BCUT2D eigenvalue weighted by Crippen LogP contribution is -2.55. The Hall–Kier alpha value is -0.780. The summed E-state index contributed by atoms with van der Waals surface area (Å²) in [6.07, 6.45) is 11.9. The lowest BCUT2D eigenvalue weighted by Gasteiger charge is -2.58. The van der Waals surface area contributed by atoms with Gasteiger partial charge in [-0.2, -0.15) is 0 Å². The van der Waals surface area contributed by atoms with Gasteiger partial charge in [-0.3, -0.25) is 0 Å². The fourth-order valence-electron chi connectivity index (χ4n) is 7.76. The third kappa shape index (κ3) is 2.18. The van der Waals surface area contributed by atoms with E-state index in [9.17, 15) is 10.2 Å². The first kappa shape index (κ1) is 17.6. The van der Waals surface area contributed by atoms with Crippen LogP contribution in [0.25, 0.3) is 0 Å². The summed E-state index contributed by atoms with van der Waals surface area (Å²) in [4.78, 5) is 0. The van der Waals surface area contributed by atoms with Crippen molar-refractivity contribution in [3.63, 3.8) is 0 Å². The summed E-state index contributed by atoms with van der Waals surface area (Å²) in [5.41, 5.74) is 2.10. The molecule has 2 N–H and O–H groups in total. The Morgan fingerprint density at radius 2 is 1.88 bits per heavy atom. The molecule has 0 spiro atoms. The van der Waals surface area contributed by atoms with Crippen LogP contribution in [-0.2, 0) is 0 Å². The maximum atomic E-state index is 11.4. The average Bonchev–Trinajstić information content (AvgIpc) is 2.75. The Kier molecular flexibility index (Phi) is 3.95. The number of terminal acetylenes is 1. The minimum Gasteiger partial charge on any atom is -0.393 e. The Morgan fingerprint density at radius 3 is 2.56 bits per heavy atom. The molecule has 0 aliphatic heterocycles. The van der Waals surface area contributed by atoms with Crippen LogP contribution in [0, 0.1) is 53.3 Å². The Morgan fingerprint density at radius 1 is 1.16 bits per heavy atom. The number of aliphatic hydroxyl groups is 2. The molecule has 4 rings (SSSR count). The number of fused-ring (bicyclic) bond motifs is 4. The van der Waals surface area contributed by atoms with Crippen molar-refractivity contribution in [2.75, 3.05) is 0 Å². The lowest BCUT2D eigenvalue weighted by molar-refractivity contribution is -0.108. The van der Waals surface area contributed by atoms with Crippen LogP contribution < -0.4 is 0 Å². The second-order valence-corrected chi connectivity index (χ2v) is 10.1. The van der Waals surface area contributed by atoms with Crippen LogP contribution >= 0.6 is 0 Å². The van der Waals surface area contributed by atoms with Gasteiger partial charge < -0.3 is 10.2 Å². The summed E-state index contributed by atoms with van der Waals surface area (Å²) in [5.74, 6) is 5.96. The van der Waals surface area contributed by atoms with Crippen LogP contribution in [0.2, 0.25) is 0 Å². The van der Waals surface area contributed by atoms with Gasteiger partial charge in [0, 0.05) is 5.41 Å². The molecule has 0 radical (unpaired) electrons. The highest BCUT2D eigenvalue weighted by Crippen LogP contribution is 2.67. The van der Waals surface area contributed by atoms with Crippen molar-refractivity contribution in [2.45, 2.75) is 77.9 Å². The first-order valence-electron chi connectivity index (χ1n) is 10.3. The summed E-state index contributed by atoms with van der Waals surface area (Å²) in [6, 6.07) is 0. The van der Waals surface area contributed by atoms with Gasteiger partial charge in [0.2, 0.25) is 0 Å². The fraction of sp³-hybridized carbons (Fsp3) is 0.826. The van der Waals surface area contributed by atoms with Crippen LogP contribution in [0.3, 0.4) is 0 Å². The van der Waals surface area contributed by atoms with E-state index in [1.807, 2.05) is 0 Å². The molecule has 3 unspecified atom stereocenters. The van der Waals surface area contributed by atoms with Crippen molar-refractivity contribution in [3.8, 4) is 12.3 Å². The van der Waals surface area contributed by atoms with E-state index in [0.29, 0.717) is 29.6 Å². The van der Waals surface area contributed by atoms with Crippen LogP contribution in [0.4, 0.5) is 0 Å². The molecular formula is C23H34O2. The average molecular weight is 343 g/mol. The minimum atomic E-state index is -0.964. The molecule has 4 aliphatic rings. The van der Waals surface area contributed by atoms with Crippen molar-refractivity contribution in [2.24, 2.45) is 40.9 Å². The van der Waals surface area contributed by atoms with Gasteiger partial charge in [-0.1, -0.05) is 44.8 Å². The molecule has 138 valence electrons. The topological polar surface area (TPSA) is 40.5 Å².